The lowest BCUT2D eigenvalue weighted by molar-refractivity contribution is 0.0955. The summed E-state index contributed by atoms with van der Waals surface area (Å²) in [6, 6.07) is 24.2. The Morgan fingerprint density at radius 2 is 1.63 bits per heavy atom. The quantitative estimate of drug-likeness (QED) is 0.244. The minimum atomic E-state index is -3.47. The van der Waals surface area contributed by atoms with Gasteiger partial charge < -0.3 is 4.57 Å². The van der Waals surface area contributed by atoms with E-state index in [0.717, 1.165) is 28.2 Å². The third-order valence-electron chi connectivity index (χ3n) is 6.42. The molecule has 0 saturated heterocycles. The fraction of sp³-hybridized carbons (Fsp3) is 0.200. The molecule has 0 bridgehead atoms. The standard InChI is InChI=1S/C30H32N4O3S/c1-21-11-16-29(22(2)17-21)34-23(3)18-27(24(34)4)19-31-32-30(35)26-14-12-25(13-15-26)20-33(38(5,36)37)28-9-7-6-8-10-28/h6-19H,20H2,1-5H3,(H,32,35)/b31-19+. The van der Waals surface area contributed by atoms with E-state index in [0.29, 0.717) is 11.3 Å². The van der Waals surface area contributed by atoms with E-state index in [-0.39, 0.29) is 12.5 Å². The number of sulfonamides is 1. The number of rotatable bonds is 8. The predicted octanol–water partition coefficient (Wildman–Crippen LogP) is 5.44. The number of anilines is 1. The summed E-state index contributed by atoms with van der Waals surface area (Å²) in [7, 11) is -3.47. The minimum Gasteiger partial charge on any atom is -0.318 e. The van der Waals surface area contributed by atoms with Gasteiger partial charge in [-0.15, -0.1) is 0 Å². The Morgan fingerprint density at radius 3 is 2.26 bits per heavy atom. The lowest BCUT2D eigenvalue weighted by atomic mass is 10.1. The molecule has 0 aliphatic carbocycles. The van der Waals surface area contributed by atoms with Gasteiger partial charge in [0.15, 0.2) is 0 Å². The predicted molar refractivity (Wildman–Crippen MR) is 154 cm³/mol. The molecule has 3 aromatic carbocycles. The molecule has 0 atom stereocenters. The second-order valence-electron chi connectivity index (χ2n) is 9.45. The monoisotopic (exact) mass is 528 g/mol. The molecule has 4 rings (SSSR count). The lowest BCUT2D eigenvalue weighted by Crippen LogP contribution is -2.29. The van der Waals surface area contributed by atoms with Crippen LogP contribution in [0.3, 0.4) is 0 Å². The van der Waals surface area contributed by atoms with Crippen molar-refractivity contribution in [1.29, 1.82) is 0 Å². The largest absolute Gasteiger partial charge is 0.318 e. The third kappa shape index (κ3) is 6.03. The average Bonchev–Trinajstić information content (AvgIpc) is 3.15. The highest BCUT2D eigenvalue weighted by Gasteiger charge is 2.18. The first kappa shape index (κ1) is 26.9. The Labute approximate surface area is 224 Å². The maximum Gasteiger partial charge on any atom is 0.271 e. The number of aromatic nitrogens is 1. The SMILES string of the molecule is Cc1ccc(-n2c(C)cc(/C=N/NC(=O)c3ccc(CN(c4ccccc4)S(C)(=O)=O)cc3)c2C)c(C)c1. The number of hydrazone groups is 1. The third-order valence-corrected chi connectivity index (χ3v) is 7.56. The van der Waals surface area contributed by atoms with Crippen LogP contribution < -0.4 is 9.73 Å². The van der Waals surface area contributed by atoms with Crippen LogP contribution in [0.1, 0.15) is 44.0 Å². The van der Waals surface area contributed by atoms with Crippen molar-refractivity contribution in [3.05, 3.63) is 118 Å². The lowest BCUT2D eigenvalue weighted by Gasteiger charge is -2.22. The summed E-state index contributed by atoms with van der Waals surface area (Å²) in [5.41, 5.74) is 10.9. The molecule has 0 spiro atoms. The molecular weight excluding hydrogens is 496 g/mol. The number of hydrogen-bond acceptors (Lipinski definition) is 4. The van der Waals surface area contributed by atoms with E-state index >= 15 is 0 Å². The molecule has 196 valence electrons. The van der Waals surface area contributed by atoms with Crippen LogP contribution in [0.2, 0.25) is 0 Å². The number of amides is 1. The van der Waals surface area contributed by atoms with Crippen LogP contribution in [0.4, 0.5) is 5.69 Å². The van der Waals surface area contributed by atoms with E-state index in [1.165, 1.54) is 21.7 Å². The van der Waals surface area contributed by atoms with Crippen molar-refractivity contribution < 1.29 is 13.2 Å². The van der Waals surface area contributed by atoms with E-state index in [4.69, 9.17) is 0 Å². The number of benzene rings is 3. The van der Waals surface area contributed by atoms with Gasteiger partial charge in [-0.3, -0.25) is 9.10 Å². The van der Waals surface area contributed by atoms with Gasteiger partial charge in [-0.05, 0) is 75.2 Å². The number of aryl methyl sites for hydroxylation is 3. The van der Waals surface area contributed by atoms with E-state index in [2.05, 4.69) is 47.1 Å². The molecule has 0 unspecified atom stereocenters. The topological polar surface area (TPSA) is 83.8 Å². The first-order chi connectivity index (χ1) is 18.0. The van der Waals surface area contributed by atoms with Crippen molar-refractivity contribution in [3.63, 3.8) is 0 Å². The van der Waals surface area contributed by atoms with Crippen LogP contribution in [0.5, 0.6) is 0 Å². The highest BCUT2D eigenvalue weighted by Crippen LogP contribution is 2.23. The highest BCUT2D eigenvalue weighted by atomic mass is 32.2. The van der Waals surface area contributed by atoms with Gasteiger partial charge in [0, 0.05) is 28.2 Å². The van der Waals surface area contributed by atoms with Crippen molar-refractivity contribution in [1.82, 2.24) is 9.99 Å². The molecule has 0 aliphatic rings. The van der Waals surface area contributed by atoms with E-state index in [1.54, 1.807) is 54.7 Å². The van der Waals surface area contributed by atoms with Crippen molar-refractivity contribution in [2.24, 2.45) is 5.10 Å². The molecule has 0 radical (unpaired) electrons. The molecule has 1 aromatic heterocycles. The van der Waals surface area contributed by atoms with Gasteiger partial charge >= 0.3 is 0 Å². The number of carbonyl (C=O) groups excluding carboxylic acids is 1. The van der Waals surface area contributed by atoms with Crippen LogP contribution in [-0.2, 0) is 16.6 Å². The smallest absolute Gasteiger partial charge is 0.271 e. The number of nitrogens with one attached hydrogen (secondary N) is 1. The Hall–Kier alpha value is -4.17. The molecule has 7 nitrogen and oxygen atoms in total. The van der Waals surface area contributed by atoms with E-state index in [1.807, 2.05) is 26.0 Å². The van der Waals surface area contributed by atoms with Gasteiger partial charge in [-0.2, -0.15) is 5.10 Å². The van der Waals surface area contributed by atoms with Crippen molar-refractivity contribution in [3.8, 4) is 5.69 Å². The first-order valence-corrected chi connectivity index (χ1v) is 14.1. The molecule has 1 amide bonds. The Morgan fingerprint density at radius 1 is 0.947 bits per heavy atom. The van der Waals surface area contributed by atoms with Crippen molar-refractivity contribution in [2.75, 3.05) is 10.6 Å². The van der Waals surface area contributed by atoms with E-state index < -0.39 is 10.0 Å². The van der Waals surface area contributed by atoms with Crippen LogP contribution in [0.25, 0.3) is 5.69 Å². The van der Waals surface area contributed by atoms with Crippen LogP contribution in [0.15, 0.2) is 84.0 Å². The number of para-hydroxylation sites is 1. The molecule has 38 heavy (non-hydrogen) atoms. The highest BCUT2D eigenvalue weighted by molar-refractivity contribution is 7.92. The molecule has 1 heterocycles. The Kier molecular flexibility index (Phi) is 7.83. The molecule has 0 fully saturated rings. The molecule has 8 heteroatoms. The summed E-state index contributed by atoms with van der Waals surface area (Å²) in [5, 5.41) is 4.18. The van der Waals surface area contributed by atoms with Gasteiger partial charge in [0.25, 0.3) is 5.91 Å². The minimum absolute atomic E-state index is 0.166. The van der Waals surface area contributed by atoms with Gasteiger partial charge in [-0.1, -0.05) is 48.0 Å². The van der Waals surface area contributed by atoms with Gasteiger partial charge in [0.1, 0.15) is 0 Å². The van der Waals surface area contributed by atoms with Crippen LogP contribution >= 0.6 is 0 Å². The summed E-state index contributed by atoms with van der Waals surface area (Å²) in [6.45, 7) is 8.42. The average molecular weight is 529 g/mol. The van der Waals surface area contributed by atoms with Crippen molar-refractivity contribution >= 4 is 27.8 Å². The Bertz CT molecular complexity index is 1590. The van der Waals surface area contributed by atoms with Gasteiger partial charge in [-0.25, -0.2) is 13.8 Å². The zero-order chi connectivity index (χ0) is 27.4. The maximum atomic E-state index is 12.7. The van der Waals surface area contributed by atoms with E-state index in [9.17, 15) is 13.2 Å². The zero-order valence-corrected chi connectivity index (χ0v) is 23.1. The molecule has 1 N–H and O–H groups in total. The normalized spacial score (nSPS) is 11.6. The fourth-order valence-corrected chi connectivity index (χ4v) is 5.38. The Balaban J connectivity index is 1.44. The van der Waals surface area contributed by atoms with Crippen LogP contribution in [-0.4, -0.2) is 31.4 Å². The maximum absolute atomic E-state index is 12.7. The van der Waals surface area contributed by atoms with Gasteiger partial charge in [0.2, 0.25) is 10.0 Å². The van der Waals surface area contributed by atoms with Gasteiger partial charge in [0.05, 0.1) is 24.7 Å². The second kappa shape index (κ2) is 11.1. The summed E-state index contributed by atoms with van der Waals surface area (Å²) in [6.07, 6.45) is 2.83. The van der Waals surface area contributed by atoms with Crippen LogP contribution in [0, 0.1) is 27.7 Å². The second-order valence-corrected chi connectivity index (χ2v) is 11.4. The number of nitrogens with zero attached hydrogens (tertiary/aromatic N) is 3. The summed E-state index contributed by atoms with van der Waals surface area (Å²) in [5.74, 6) is -0.348. The molecule has 4 aromatic rings. The van der Waals surface area contributed by atoms with Crippen molar-refractivity contribution in [2.45, 2.75) is 34.2 Å². The summed E-state index contributed by atoms with van der Waals surface area (Å²) < 4.78 is 28.2. The molecule has 0 aliphatic heterocycles. The number of hydrogen-bond donors (Lipinski definition) is 1. The molecular formula is C30H32N4O3S. The summed E-state index contributed by atoms with van der Waals surface area (Å²) in [4.78, 5) is 12.7. The first-order valence-electron chi connectivity index (χ1n) is 12.3. The summed E-state index contributed by atoms with van der Waals surface area (Å²) >= 11 is 0. The number of carbonyl (C=O) groups is 1. The fourth-order valence-electron chi connectivity index (χ4n) is 4.49. The molecule has 0 saturated carbocycles. The zero-order valence-electron chi connectivity index (χ0n) is 22.3.